The average Bonchev–Trinajstić information content (AvgIpc) is 2.73. The molecule has 0 aromatic heterocycles. The van der Waals surface area contributed by atoms with Crippen LogP contribution in [-0.2, 0) is 11.3 Å². The van der Waals surface area contributed by atoms with Crippen molar-refractivity contribution in [1.29, 1.82) is 0 Å². The van der Waals surface area contributed by atoms with E-state index in [0.29, 0.717) is 13.0 Å². The fourth-order valence-electron chi connectivity index (χ4n) is 2.47. The van der Waals surface area contributed by atoms with Gasteiger partial charge in [-0.1, -0.05) is 69.6 Å². The summed E-state index contributed by atoms with van der Waals surface area (Å²) < 4.78 is 11.1. The van der Waals surface area contributed by atoms with E-state index < -0.39 is 6.10 Å². The van der Waals surface area contributed by atoms with Gasteiger partial charge in [-0.2, -0.15) is 0 Å². The third-order valence-corrected chi connectivity index (χ3v) is 4.28. The largest absolute Gasteiger partial charge is 0.497 e. The summed E-state index contributed by atoms with van der Waals surface area (Å²) in [6, 6.07) is 7.81. The number of aliphatic hydroxyl groups is 1. The Morgan fingerprint density at radius 1 is 1.00 bits per heavy atom. The van der Waals surface area contributed by atoms with Gasteiger partial charge < -0.3 is 14.6 Å². The molecule has 3 nitrogen and oxygen atoms in total. The van der Waals surface area contributed by atoms with E-state index in [4.69, 9.17) is 9.47 Å². The first-order chi connectivity index (χ1) is 13.7. The van der Waals surface area contributed by atoms with Crippen molar-refractivity contribution < 1.29 is 14.6 Å². The summed E-state index contributed by atoms with van der Waals surface area (Å²) in [6.07, 6.45) is 11.2. The molecular weight excluding hydrogens is 348 g/mol. The van der Waals surface area contributed by atoms with Crippen LogP contribution in [0.4, 0.5) is 0 Å². The van der Waals surface area contributed by atoms with Crippen LogP contribution in [0.15, 0.2) is 36.4 Å². The minimum absolute atomic E-state index is 0.314. The van der Waals surface area contributed by atoms with Crippen molar-refractivity contribution in [2.75, 3.05) is 7.11 Å². The van der Waals surface area contributed by atoms with E-state index >= 15 is 0 Å². The molecule has 0 aliphatic heterocycles. The SMILES string of the molecule is CCCCCCC/C=C\[C@@H](C#CC#C[C@@H](O)CC)OCc1ccc(OC)cc1. The molecule has 1 rings (SSSR count). The molecule has 1 aromatic carbocycles. The molecule has 0 heterocycles. The molecule has 2 atom stereocenters. The summed E-state index contributed by atoms with van der Waals surface area (Å²) in [5.74, 6) is 12.1. The van der Waals surface area contributed by atoms with E-state index in [2.05, 4.69) is 36.7 Å². The highest BCUT2D eigenvalue weighted by molar-refractivity contribution is 5.30. The molecular formula is C25H34O3. The number of unbranched alkanes of at least 4 members (excludes halogenated alkanes) is 5. The fourth-order valence-corrected chi connectivity index (χ4v) is 2.47. The second-order valence-corrected chi connectivity index (χ2v) is 6.67. The minimum Gasteiger partial charge on any atom is -0.497 e. The molecule has 0 fully saturated rings. The Bertz CT molecular complexity index is 668. The van der Waals surface area contributed by atoms with Crippen molar-refractivity contribution in [3.8, 4) is 29.4 Å². The first-order valence-electron chi connectivity index (χ1n) is 10.3. The molecule has 152 valence electrons. The number of methoxy groups -OCH3 is 1. The van der Waals surface area contributed by atoms with Crippen LogP contribution in [0.1, 0.15) is 64.4 Å². The predicted octanol–water partition coefficient (Wildman–Crippen LogP) is 5.27. The van der Waals surface area contributed by atoms with Crippen molar-refractivity contribution in [3.63, 3.8) is 0 Å². The third-order valence-electron chi connectivity index (χ3n) is 4.28. The second kappa shape index (κ2) is 15.8. The molecule has 0 saturated carbocycles. The molecule has 0 saturated heterocycles. The maximum Gasteiger partial charge on any atom is 0.138 e. The standard InChI is InChI=1S/C25H34O3/c1-4-6-7-8-9-10-11-15-25(16-13-12-14-23(26)5-2)28-21-22-17-19-24(27-3)20-18-22/h11,15,17-20,23,25-26H,4-10,21H2,1-3H3/b15-11-/t23-,25-/m0/s1. The van der Waals surface area contributed by atoms with E-state index in [1.807, 2.05) is 37.3 Å². The molecule has 0 aliphatic carbocycles. The van der Waals surface area contributed by atoms with Crippen LogP contribution >= 0.6 is 0 Å². The van der Waals surface area contributed by atoms with E-state index in [1.54, 1.807) is 7.11 Å². The van der Waals surface area contributed by atoms with Gasteiger partial charge in [0.25, 0.3) is 0 Å². The molecule has 0 bridgehead atoms. The first-order valence-corrected chi connectivity index (χ1v) is 10.3. The Balaban J connectivity index is 2.60. The minimum atomic E-state index is -0.619. The van der Waals surface area contributed by atoms with Gasteiger partial charge in [0.1, 0.15) is 18.0 Å². The molecule has 0 amide bonds. The van der Waals surface area contributed by atoms with Crippen molar-refractivity contribution in [3.05, 3.63) is 42.0 Å². The van der Waals surface area contributed by atoms with Crippen LogP contribution in [0.5, 0.6) is 5.75 Å². The fraction of sp³-hybridized carbons (Fsp3) is 0.520. The second-order valence-electron chi connectivity index (χ2n) is 6.67. The maximum atomic E-state index is 9.48. The molecule has 3 heteroatoms. The molecule has 0 spiro atoms. The van der Waals surface area contributed by atoms with Crippen molar-refractivity contribution >= 4 is 0 Å². The molecule has 1 N–H and O–H groups in total. The molecule has 28 heavy (non-hydrogen) atoms. The summed E-state index contributed by atoms with van der Waals surface area (Å²) in [7, 11) is 1.65. The van der Waals surface area contributed by atoms with E-state index in [9.17, 15) is 5.11 Å². The zero-order valence-electron chi connectivity index (χ0n) is 17.5. The van der Waals surface area contributed by atoms with Crippen LogP contribution in [0.3, 0.4) is 0 Å². The Labute approximate surface area is 171 Å². The first kappa shape index (κ1) is 23.8. The number of hydrogen-bond donors (Lipinski definition) is 1. The predicted molar refractivity (Wildman–Crippen MR) is 116 cm³/mol. The van der Waals surface area contributed by atoms with Crippen molar-refractivity contribution in [2.45, 2.75) is 77.6 Å². The molecule has 0 aliphatic rings. The van der Waals surface area contributed by atoms with Gasteiger partial charge in [0, 0.05) is 0 Å². The third kappa shape index (κ3) is 11.5. The zero-order chi connectivity index (χ0) is 20.5. The van der Waals surface area contributed by atoms with Gasteiger partial charge >= 0.3 is 0 Å². The van der Waals surface area contributed by atoms with Crippen LogP contribution in [0.25, 0.3) is 0 Å². The number of aliphatic hydroxyl groups excluding tert-OH is 1. The quantitative estimate of drug-likeness (QED) is 0.304. The summed E-state index contributed by atoms with van der Waals surface area (Å²) in [5, 5.41) is 9.48. The summed E-state index contributed by atoms with van der Waals surface area (Å²) in [6.45, 7) is 4.58. The number of hydrogen-bond acceptors (Lipinski definition) is 3. The number of allylic oxidation sites excluding steroid dienone is 1. The van der Waals surface area contributed by atoms with Gasteiger partial charge in [0.2, 0.25) is 0 Å². The van der Waals surface area contributed by atoms with E-state index in [-0.39, 0.29) is 6.10 Å². The van der Waals surface area contributed by atoms with Gasteiger partial charge in [-0.05, 0) is 54.9 Å². The molecule has 1 aromatic rings. The monoisotopic (exact) mass is 382 g/mol. The van der Waals surface area contributed by atoms with Gasteiger partial charge in [-0.15, -0.1) is 0 Å². The Kier molecular flexibility index (Phi) is 13.5. The Morgan fingerprint density at radius 3 is 2.39 bits per heavy atom. The number of ether oxygens (including phenoxy) is 2. The highest BCUT2D eigenvalue weighted by atomic mass is 16.5. The lowest BCUT2D eigenvalue weighted by Crippen LogP contribution is -2.07. The maximum absolute atomic E-state index is 9.48. The Morgan fingerprint density at radius 2 is 1.71 bits per heavy atom. The van der Waals surface area contributed by atoms with Crippen molar-refractivity contribution in [1.82, 2.24) is 0 Å². The number of benzene rings is 1. The lowest BCUT2D eigenvalue weighted by molar-refractivity contribution is 0.107. The topological polar surface area (TPSA) is 38.7 Å². The molecule has 0 unspecified atom stereocenters. The Hall–Kier alpha value is -2.20. The zero-order valence-corrected chi connectivity index (χ0v) is 17.5. The summed E-state index contributed by atoms with van der Waals surface area (Å²) >= 11 is 0. The molecule has 0 radical (unpaired) electrons. The van der Waals surface area contributed by atoms with E-state index in [0.717, 1.165) is 17.7 Å². The van der Waals surface area contributed by atoms with Crippen LogP contribution in [-0.4, -0.2) is 24.4 Å². The summed E-state index contributed by atoms with van der Waals surface area (Å²) in [5.41, 5.74) is 1.06. The van der Waals surface area contributed by atoms with Gasteiger partial charge in [0.15, 0.2) is 0 Å². The van der Waals surface area contributed by atoms with Crippen molar-refractivity contribution in [2.24, 2.45) is 0 Å². The normalized spacial score (nSPS) is 12.6. The smallest absolute Gasteiger partial charge is 0.138 e. The number of rotatable bonds is 12. The highest BCUT2D eigenvalue weighted by Crippen LogP contribution is 2.13. The van der Waals surface area contributed by atoms with Crippen LogP contribution in [0.2, 0.25) is 0 Å². The average molecular weight is 383 g/mol. The summed E-state index contributed by atoms with van der Waals surface area (Å²) in [4.78, 5) is 0. The van der Waals surface area contributed by atoms with Crippen LogP contribution in [0, 0.1) is 23.7 Å². The highest BCUT2D eigenvalue weighted by Gasteiger charge is 2.02. The van der Waals surface area contributed by atoms with Gasteiger partial charge in [-0.3, -0.25) is 0 Å². The van der Waals surface area contributed by atoms with Gasteiger partial charge in [-0.25, -0.2) is 0 Å². The van der Waals surface area contributed by atoms with Gasteiger partial charge in [0.05, 0.1) is 13.7 Å². The lowest BCUT2D eigenvalue weighted by Gasteiger charge is -2.09. The van der Waals surface area contributed by atoms with Crippen LogP contribution < -0.4 is 4.74 Å². The lowest BCUT2D eigenvalue weighted by atomic mass is 10.1. The van der Waals surface area contributed by atoms with E-state index in [1.165, 1.54) is 32.1 Å².